The molecule has 0 aromatic rings. The van der Waals surface area contributed by atoms with Gasteiger partial charge in [0.25, 0.3) is 0 Å². The fraction of sp³-hybridized carbons (Fsp3) is 0.750. The van der Waals surface area contributed by atoms with Gasteiger partial charge < -0.3 is 32.3 Å². The highest BCUT2D eigenvalue weighted by molar-refractivity contribution is 8.76. The van der Waals surface area contributed by atoms with Gasteiger partial charge in [0.2, 0.25) is 11.8 Å². The van der Waals surface area contributed by atoms with Crippen molar-refractivity contribution in [2.45, 2.75) is 51.9 Å². The van der Waals surface area contributed by atoms with Crippen LogP contribution in [0, 0.1) is 11.8 Å². The molecular weight excluding hydrogens is 408 g/mol. The lowest BCUT2D eigenvalue weighted by molar-refractivity contribution is -0.143. The first kappa shape index (κ1) is 26.5. The number of carboxylic acid groups (broad SMARTS) is 2. The molecule has 0 heterocycles. The van der Waals surface area contributed by atoms with E-state index < -0.39 is 47.9 Å². The molecular formula is C16H30N4O6S2. The first-order valence-corrected chi connectivity index (χ1v) is 11.2. The summed E-state index contributed by atoms with van der Waals surface area (Å²) in [6.07, 6.45) is 0. The van der Waals surface area contributed by atoms with Crippen molar-refractivity contribution in [2.75, 3.05) is 11.5 Å². The standard InChI is InChI=1S/C16H30N4O6S2/c1-7(2)11(15(23)24)19-13(21)9(17)5-27-28-6-10(18)14(22)20-12(8(3)4)16(25)26/h7-12H,5-6,17-18H2,1-4H3,(H,19,21)(H,20,22)(H,23,24)(H,25,26). The maximum atomic E-state index is 12.0. The van der Waals surface area contributed by atoms with Crippen LogP contribution in [0.2, 0.25) is 0 Å². The van der Waals surface area contributed by atoms with Gasteiger partial charge in [0.05, 0.1) is 12.1 Å². The van der Waals surface area contributed by atoms with Gasteiger partial charge in [0.15, 0.2) is 0 Å². The second kappa shape index (κ2) is 12.9. The van der Waals surface area contributed by atoms with Crippen LogP contribution in [0.4, 0.5) is 0 Å². The molecule has 0 aromatic carbocycles. The SMILES string of the molecule is CC(C)C(NC(=O)C(N)CSSCC(N)C(=O)NC(C(=O)O)C(C)C)C(=O)O. The summed E-state index contributed by atoms with van der Waals surface area (Å²) in [4.78, 5) is 46.2. The van der Waals surface area contributed by atoms with Crippen LogP contribution >= 0.6 is 21.6 Å². The predicted octanol–water partition coefficient (Wildman–Crippen LogP) is -0.527. The lowest BCUT2D eigenvalue weighted by atomic mass is 10.0. The van der Waals surface area contributed by atoms with Gasteiger partial charge in [0.1, 0.15) is 12.1 Å². The third-order valence-corrected chi connectivity index (χ3v) is 6.19. The monoisotopic (exact) mass is 438 g/mol. The molecule has 4 atom stereocenters. The van der Waals surface area contributed by atoms with Crippen LogP contribution in [0.5, 0.6) is 0 Å². The Balaban J connectivity index is 4.32. The number of amides is 2. The van der Waals surface area contributed by atoms with Gasteiger partial charge in [-0.2, -0.15) is 0 Å². The Kier molecular flexibility index (Phi) is 12.2. The summed E-state index contributed by atoms with van der Waals surface area (Å²) in [7, 11) is 2.44. The summed E-state index contributed by atoms with van der Waals surface area (Å²) in [5.41, 5.74) is 11.5. The number of carbonyl (C=O) groups excluding carboxylic acids is 2. The van der Waals surface area contributed by atoms with Crippen LogP contribution in [0.25, 0.3) is 0 Å². The van der Waals surface area contributed by atoms with Crippen LogP contribution in [0.1, 0.15) is 27.7 Å². The number of aliphatic carboxylic acids is 2. The minimum absolute atomic E-state index is 0.193. The van der Waals surface area contributed by atoms with Crippen LogP contribution < -0.4 is 22.1 Å². The van der Waals surface area contributed by atoms with Gasteiger partial charge in [-0.15, -0.1) is 0 Å². The third-order valence-electron chi connectivity index (χ3n) is 3.71. The second-order valence-corrected chi connectivity index (χ2v) is 9.47. The Morgan fingerprint density at radius 3 is 1.25 bits per heavy atom. The smallest absolute Gasteiger partial charge is 0.326 e. The normalized spacial score (nSPS) is 15.6. The quantitative estimate of drug-likeness (QED) is 0.161. The number of carbonyl (C=O) groups is 4. The molecule has 0 rings (SSSR count). The highest BCUT2D eigenvalue weighted by Gasteiger charge is 2.27. The Morgan fingerprint density at radius 1 is 0.750 bits per heavy atom. The Hall–Kier alpha value is -1.50. The lowest BCUT2D eigenvalue weighted by Crippen LogP contribution is -2.51. The number of hydrogen-bond acceptors (Lipinski definition) is 8. The van der Waals surface area contributed by atoms with E-state index in [1.807, 2.05) is 0 Å². The molecule has 0 spiro atoms. The summed E-state index contributed by atoms with van der Waals surface area (Å²) in [6, 6.07) is -3.87. The van der Waals surface area contributed by atoms with E-state index in [9.17, 15) is 19.2 Å². The van der Waals surface area contributed by atoms with Gasteiger partial charge >= 0.3 is 11.9 Å². The summed E-state index contributed by atoms with van der Waals surface area (Å²) < 4.78 is 0. The van der Waals surface area contributed by atoms with Crippen molar-refractivity contribution in [3.05, 3.63) is 0 Å². The highest BCUT2D eigenvalue weighted by Crippen LogP contribution is 2.22. The van der Waals surface area contributed by atoms with E-state index in [-0.39, 0.29) is 23.3 Å². The van der Waals surface area contributed by atoms with E-state index in [4.69, 9.17) is 21.7 Å². The van der Waals surface area contributed by atoms with Crippen molar-refractivity contribution in [1.29, 1.82) is 0 Å². The largest absolute Gasteiger partial charge is 0.480 e. The second-order valence-electron chi connectivity index (χ2n) is 6.92. The molecule has 0 saturated heterocycles. The Morgan fingerprint density at radius 2 is 1.04 bits per heavy atom. The summed E-state index contributed by atoms with van der Waals surface area (Å²) in [5.74, 6) is -3.58. The van der Waals surface area contributed by atoms with E-state index in [2.05, 4.69) is 10.6 Å². The summed E-state index contributed by atoms with van der Waals surface area (Å²) >= 11 is 0. The van der Waals surface area contributed by atoms with Crippen molar-refractivity contribution >= 4 is 45.3 Å². The van der Waals surface area contributed by atoms with Crippen molar-refractivity contribution < 1.29 is 29.4 Å². The molecule has 0 radical (unpaired) electrons. The maximum Gasteiger partial charge on any atom is 0.326 e. The first-order chi connectivity index (χ1) is 12.9. The Bertz CT molecular complexity index is 513. The molecule has 10 nitrogen and oxygen atoms in total. The predicted molar refractivity (Wildman–Crippen MR) is 110 cm³/mol. The highest BCUT2D eigenvalue weighted by atomic mass is 33.1. The van der Waals surface area contributed by atoms with E-state index in [1.54, 1.807) is 27.7 Å². The molecule has 0 saturated carbocycles. The number of hydrogen-bond donors (Lipinski definition) is 6. The third kappa shape index (κ3) is 9.62. The maximum absolute atomic E-state index is 12.0. The van der Waals surface area contributed by atoms with Crippen LogP contribution in [-0.4, -0.2) is 69.6 Å². The van der Waals surface area contributed by atoms with Gasteiger partial charge in [-0.05, 0) is 11.8 Å². The average Bonchev–Trinajstić information content (AvgIpc) is 2.58. The number of nitrogens with one attached hydrogen (secondary N) is 2. The Labute approximate surface area is 172 Å². The van der Waals surface area contributed by atoms with E-state index >= 15 is 0 Å². The molecule has 12 heteroatoms. The number of nitrogens with two attached hydrogens (primary N) is 2. The molecule has 4 unspecified atom stereocenters. The molecule has 2 amide bonds. The summed E-state index contributed by atoms with van der Waals surface area (Å²) in [6.45, 7) is 6.71. The molecule has 0 bridgehead atoms. The number of carboxylic acids is 2. The van der Waals surface area contributed by atoms with Gasteiger partial charge in [-0.3, -0.25) is 9.59 Å². The van der Waals surface area contributed by atoms with Gasteiger partial charge in [0, 0.05) is 11.5 Å². The van der Waals surface area contributed by atoms with Crippen molar-refractivity contribution in [3.8, 4) is 0 Å². The molecule has 0 fully saturated rings. The van der Waals surface area contributed by atoms with Gasteiger partial charge in [-0.1, -0.05) is 49.3 Å². The van der Waals surface area contributed by atoms with Crippen molar-refractivity contribution in [1.82, 2.24) is 10.6 Å². The van der Waals surface area contributed by atoms with E-state index in [0.29, 0.717) is 0 Å². The van der Waals surface area contributed by atoms with Crippen LogP contribution in [0.3, 0.4) is 0 Å². The van der Waals surface area contributed by atoms with Crippen LogP contribution in [0.15, 0.2) is 0 Å². The topological polar surface area (TPSA) is 185 Å². The zero-order valence-electron chi connectivity index (χ0n) is 16.4. The van der Waals surface area contributed by atoms with Gasteiger partial charge in [-0.25, -0.2) is 9.59 Å². The fourth-order valence-corrected chi connectivity index (χ4v) is 4.19. The van der Waals surface area contributed by atoms with Crippen molar-refractivity contribution in [3.63, 3.8) is 0 Å². The number of rotatable bonds is 13. The zero-order chi connectivity index (χ0) is 22.0. The fourth-order valence-electron chi connectivity index (χ4n) is 1.94. The first-order valence-electron chi connectivity index (χ1n) is 8.70. The molecule has 8 N–H and O–H groups in total. The van der Waals surface area contributed by atoms with Crippen LogP contribution in [-0.2, 0) is 19.2 Å². The average molecular weight is 439 g/mol. The van der Waals surface area contributed by atoms with E-state index in [1.165, 1.54) is 21.6 Å². The lowest BCUT2D eigenvalue weighted by Gasteiger charge is -2.21. The molecule has 162 valence electrons. The minimum atomic E-state index is -1.13. The molecule has 28 heavy (non-hydrogen) atoms. The minimum Gasteiger partial charge on any atom is -0.480 e. The van der Waals surface area contributed by atoms with Crippen molar-refractivity contribution in [2.24, 2.45) is 23.3 Å². The molecule has 0 aliphatic heterocycles. The van der Waals surface area contributed by atoms with E-state index in [0.717, 1.165) is 0 Å². The zero-order valence-corrected chi connectivity index (χ0v) is 18.0. The summed E-state index contributed by atoms with van der Waals surface area (Å²) in [5, 5.41) is 22.9. The molecule has 0 aliphatic carbocycles. The molecule has 0 aromatic heterocycles. The molecule has 0 aliphatic rings.